The van der Waals surface area contributed by atoms with Crippen molar-refractivity contribution in [2.24, 2.45) is 11.3 Å². The molecule has 0 saturated heterocycles. The van der Waals surface area contributed by atoms with E-state index in [0.29, 0.717) is 0 Å². The van der Waals surface area contributed by atoms with Gasteiger partial charge in [0.2, 0.25) is 0 Å². The van der Waals surface area contributed by atoms with Crippen molar-refractivity contribution in [3.8, 4) is 0 Å². The van der Waals surface area contributed by atoms with E-state index in [1.165, 1.54) is 12.8 Å². The van der Waals surface area contributed by atoms with Gasteiger partial charge in [0.25, 0.3) is 0 Å². The van der Waals surface area contributed by atoms with E-state index in [2.05, 4.69) is 6.92 Å². The summed E-state index contributed by atoms with van der Waals surface area (Å²) in [5.74, 6) is 0.0415. The van der Waals surface area contributed by atoms with Gasteiger partial charge in [-0.25, -0.2) is 0 Å². The lowest BCUT2D eigenvalue weighted by Gasteiger charge is -2.38. The SMILES string of the molecule is CCCCCCC1C(=O)C(C)(C)C1=O. The van der Waals surface area contributed by atoms with Gasteiger partial charge in [-0.05, 0) is 20.3 Å². The van der Waals surface area contributed by atoms with Crippen LogP contribution in [0.2, 0.25) is 0 Å². The van der Waals surface area contributed by atoms with Crippen LogP contribution in [0.1, 0.15) is 52.9 Å². The highest BCUT2D eigenvalue weighted by Gasteiger charge is 2.54. The molecule has 0 radical (unpaired) electrons. The lowest BCUT2D eigenvalue weighted by molar-refractivity contribution is -0.158. The zero-order chi connectivity index (χ0) is 10.8. The fourth-order valence-electron chi connectivity index (χ4n) is 2.07. The van der Waals surface area contributed by atoms with E-state index in [-0.39, 0.29) is 17.5 Å². The Labute approximate surface area is 86.1 Å². The van der Waals surface area contributed by atoms with Gasteiger partial charge in [-0.1, -0.05) is 32.6 Å². The summed E-state index contributed by atoms with van der Waals surface area (Å²) in [7, 11) is 0. The van der Waals surface area contributed by atoms with Crippen LogP contribution in [0, 0.1) is 11.3 Å². The third-order valence-electron chi connectivity index (χ3n) is 3.21. The Kier molecular flexibility index (Phi) is 3.46. The van der Waals surface area contributed by atoms with Gasteiger partial charge in [0.1, 0.15) is 0 Å². The molecule has 2 nitrogen and oxygen atoms in total. The van der Waals surface area contributed by atoms with Gasteiger partial charge >= 0.3 is 0 Å². The number of rotatable bonds is 5. The molecule has 0 aromatic rings. The summed E-state index contributed by atoms with van der Waals surface area (Å²) in [5, 5.41) is 0. The first-order valence-corrected chi connectivity index (χ1v) is 5.60. The topological polar surface area (TPSA) is 34.1 Å². The van der Waals surface area contributed by atoms with Gasteiger partial charge in [0, 0.05) is 0 Å². The lowest BCUT2D eigenvalue weighted by Crippen LogP contribution is -2.55. The van der Waals surface area contributed by atoms with E-state index in [4.69, 9.17) is 0 Å². The highest BCUT2D eigenvalue weighted by molar-refractivity contribution is 6.26. The van der Waals surface area contributed by atoms with Crippen LogP contribution in [-0.2, 0) is 9.59 Å². The predicted molar refractivity (Wildman–Crippen MR) is 56.0 cm³/mol. The minimum atomic E-state index is -0.671. The number of unbranched alkanes of at least 4 members (excludes halogenated alkanes) is 3. The van der Waals surface area contributed by atoms with Crippen molar-refractivity contribution in [3.05, 3.63) is 0 Å². The molecule has 0 N–H and O–H groups in total. The molecule has 0 heterocycles. The quantitative estimate of drug-likeness (QED) is 0.500. The minimum Gasteiger partial charge on any atom is -0.298 e. The molecule has 0 aromatic carbocycles. The maximum atomic E-state index is 11.5. The molecule has 1 aliphatic rings. The van der Waals surface area contributed by atoms with Crippen LogP contribution in [0.15, 0.2) is 0 Å². The number of Topliss-reactive ketones (excluding diaryl/α,β-unsaturated/α-hetero) is 2. The summed E-state index contributed by atoms with van der Waals surface area (Å²) in [6.07, 6.45) is 5.34. The molecular formula is C12H20O2. The van der Waals surface area contributed by atoms with Crippen molar-refractivity contribution >= 4 is 11.6 Å². The monoisotopic (exact) mass is 196 g/mol. The summed E-state index contributed by atoms with van der Waals surface area (Å²) in [6.45, 7) is 5.63. The maximum Gasteiger partial charge on any atom is 0.156 e. The van der Waals surface area contributed by atoms with E-state index in [1.54, 1.807) is 13.8 Å². The number of hydrogen-bond donors (Lipinski definition) is 0. The molecule has 1 aliphatic carbocycles. The number of carbonyl (C=O) groups excluding carboxylic acids is 2. The predicted octanol–water partition coefficient (Wildman–Crippen LogP) is 2.75. The maximum absolute atomic E-state index is 11.5. The Morgan fingerprint density at radius 1 is 1.07 bits per heavy atom. The second kappa shape index (κ2) is 4.24. The van der Waals surface area contributed by atoms with Gasteiger partial charge in [-0.2, -0.15) is 0 Å². The van der Waals surface area contributed by atoms with Crippen molar-refractivity contribution in [1.29, 1.82) is 0 Å². The summed E-state index contributed by atoms with van der Waals surface area (Å²) in [5.41, 5.74) is -0.671. The molecule has 2 heteroatoms. The molecule has 0 aromatic heterocycles. The average molecular weight is 196 g/mol. The summed E-state index contributed by atoms with van der Waals surface area (Å²) in [6, 6.07) is 0. The summed E-state index contributed by atoms with van der Waals surface area (Å²) < 4.78 is 0. The molecule has 14 heavy (non-hydrogen) atoms. The van der Waals surface area contributed by atoms with Crippen LogP contribution in [-0.4, -0.2) is 11.6 Å². The Morgan fingerprint density at radius 2 is 1.64 bits per heavy atom. The molecule has 0 aliphatic heterocycles. The first kappa shape index (κ1) is 11.4. The number of carbonyl (C=O) groups is 2. The Morgan fingerprint density at radius 3 is 2.14 bits per heavy atom. The molecule has 0 spiro atoms. The van der Waals surface area contributed by atoms with Crippen LogP contribution in [0.4, 0.5) is 0 Å². The molecule has 0 unspecified atom stereocenters. The third kappa shape index (κ3) is 1.89. The molecule has 0 bridgehead atoms. The fraction of sp³-hybridized carbons (Fsp3) is 0.833. The molecule has 0 amide bonds. The van der Waals surface area contributed by atoms with Crippen LogP contribution in [0.25, 0.3) is 0 Å². The van der Waals surface area contributed by atoms with Gasteiger partial charge in [0.15, 0.2) is 11.6 Å². The van der Waals surface area contributed by atoms with Crippen molar-refractivity contribution in [2.45, 2.75) is 52.9 Å². The smallest absolute Gasteiger partial charge is 0.156 e. The molecule has 1 rings (SSSR count). The molecular weight excluding hydrogens is 176 g/mol. The molecule has 1 saturated carbocycles. The van der Waals surface area contributed by atoms with Crippen molar-refractivity contribution in [1.82, 2.24) is 0 Å². The normalized spacial score (nSPS) is 21.1. The van der Waals surface area contributed by atoms with Gasteiger partial charge in [-0.15, -0.1) is 0 Å². The van der Waals surface area contributed by atoms with Crippen LogP contribution in [0.3, 0.4) is 0 Å². The summed E-state index contributed by atoms with van der Waals surface area (Å²) in [4.78, 5) is 23.1. The van der Waals surface area contributed by atoms with Gasteiger partial charge in [-0.3, -0.25) is 9.59 Å². The van der Waals surface area contributed by atoms with E-state index in [0.717, 1.165) is 19.3 Å². The van der Waals surface area contributed by atoms with E-state index >= 15 is 0 Å². The lowest BCUT2D eigenvalue weighted by atomic mass is 9.60. The fourth-order valence-corrected chi connectivity index (χ4v) is 2.07. The molecule has 1 fully saturated rings. The third-order valence-corrected chi connectivity index (χ3v) is 3.21. The van der Waals surface area contributed by atoms with Crippen molar-refractivity contribution < 1.29 is 9.59 Å². The largest absolute Gasteiger partial charge is 0.298 e. The summed E-state index contributed by atoms with van der Waals surface area (Å²) >= 11 is 0. The van der Waals surface area contributed by atoms with Gasteiger partial charge < -0.3 is 0 Å². The van der Waals surface area contributed by atoms with Crippen LogP contribution >= 0.6 is 0 Å². The zero-order valence-corrected chi connectivity index (χ0v) is 9.43. The Hall–Kier alpha value is -0.660. The molecule has 80 valence electrons. The standard InChI is InChI=1S/C12H20O2/c1-4-5-6-7-8-9-10(13)12(2,3)11(9)14/h9H,4-8H2,1-3H3. The number of hydrogen-bond acceptors (Lipinski definition) is 2. The van der Waals surface area contributed by atoms with E-state index < -0.39 is 5.41 Å². The highest BCUT2D eigenvalue weighted by atomic mass is 16.2. The van der Waals surface area contributed by atoms with Gasteiger partial charge in [0.05, 0.1) is 11.3 Å². The zero-order valence-electron chi connectivity index (χ0n) is 9.43. The van der Waals surface area contributed by atoms with Crippen LogP contribution < -0.4 is 0 Å². The second-order valence-corrected chi connectivity index (χ2v) is 4.76. The van der Waals surface area contributed by atoms with Crippen molar-refractivity contribution in [3.63, 3.8) is 0 Å². The first-order chi connectivity index (χ1) is 6.51. The highest BCUT2D eigenvalue weighted by Crippen LogP contribution is 2.39. The van der Waals surface area contributed by atoms with Crippen molar-refractivity contribution in [2.75, 3.05) is 0 Å². The van der Waals surface area contributed by atoms with E-state index in [9.17, 15) is 9.59 Å². The minimum absolute atomic E-state index is 0.152. The Balaban J connectivity index is 2.28. The Bertz CT molecular complexity index is 223. The average Bonchev–Trinajstić information content (AvgIpc) is 2.17. The second-order valence-electron chi connectivity index (χ2n) is 4.76. The molecule has 0 atom stereocenters. The van der Waals surface area contributed by atoms with Crippen LogP contribution in [0.5, 0.6) is 0 Å². The van der Waals surface area contributed by atoms with E-state index in [1.807, 2.05) is 0 Å². The number of ketones is 2. The first-order valence-electron chi connectivity index (χ1n) is 5.60.